The fraction of sp³-hybridized carbons (Fsp3) is 0.435. The van der Waals surface area contributed by atoms with Crippen molar-refractivity contribution in [3.05, 3.63) is 59.7 Å². The zero-order valence-corrected chi connectivity index (χ0v) is 20.8. The number of guanidine groups is 1. The van der Waals surface area contributed by atoms with Gasteiger partial charge in [-0.2, -0.15) is 0 Å². The molecule has 0 aliphatic carbocycles. The van der Waals surface area contributed by atoms with Crippen molar-refractivity contribution in [1.82, 2.24) is 10.2 Å². The van der Waals surface area contributed by atoms with Crippen LogP contribution in [0, 0.1) is 0 Å². The normalized spacial score (nSPS) is 12.2. The minimum absolute atomic E-state index is 0. The van der Waals surface area contributed by atoms with Gasteiger partial charge in [-0.05, 0) is 42.8 Å². The maximum Gasteiger partial charge on any atom is 0.188 e. The van der Waals surface area contributed by atoms with Crippen LogP contribution in [0.15, 0.2) is 53.5 Å². The highest BCUT2D eigenvalue weighted by molar-refractivity contribution is 14.0. The van der Waals surface area contributed by atoms with E-state index >= 15 is 0 Å². The van der Waals surface area contributed by atoms with E-state index in [2.05, 4.69) is 53.3 Å². The summed E-state index contributed by atoms with van der Waals surface area (Å²) in [5.41, 5.74) is 8.47. The monoisotopic (exact) mass is 526 g/mol. The molecule has 1 atom stereocenters. The Hall–Kier alpha value is -2.00. The van der Waals surface area contributed by atoms with Crippen molar-refractivity contribution in [3.8, 4) is 11.5 Å². The Bertz CT molecular complexity index is 767. The predicted molar refractivity (Wildman–Crippen MR) is 135 cm³/mol. The lowest BCUT2D eigenvalue weighted by Gasteiger charge is -2.30. The number of rotatable bonds is 11. The summed E-state index contributed by atoms with van der Waals surface area (Å²) >= 11 is 0. The Balaban J connectivity index is 0.00000450. The number of nitrogens with two attached hydrogens (primary N) is 1. The van der Waals surface area contributed by atoms with E-state index < -0.39 is 0 Å². The molecule has 2 aromatic rings. The number of likely N-dealkylation sites (N-methyl/N-ethyl adjacent to an activating group) is 1. The SMILES string of the molecule is CCN(CC)C(CNC(N)=NCc1ccc(OC)c(OC)c1)Cc1ccccc1.I. The fourth-order valence-corrected chi connectivity index (χ4v) is 3.39. The van der Waals surface area contributed by atoms with Crippen molar-refractivity contribution in [3.63, 3.8) is 0 Å². The molecule has 0 aliphatic heterocycles. The van der Waals surface area contributed by atoms with Gasteiger partial charge in [0.2, 0.25) is 0 Å². The lowest BCUT2D eigenvalue weighted by molar-refractivity contribution is 0.215. The molecule has 30 heavy (non-hydrogen) atoms. The topological polar surface area (TPSA) is 72.1 Å². The van der Waals surface area contributed by atoms with Gasteiger partial charge >= 0.3 is 0 Å². The molecule has 2 aromatic carbocycles. The zero-order valence-electron chi connectivity index (χ0n) is 18.4. The first kappa shape index (κ1) is 26.0. The third-order valence-corrected chi connectivity index (χ3v) is 5.04. The van der Waals surface area contributed by atoms with E-state index in [1.807, 2.05) is 24.3 Å². The van der Waals surface area contributed by atoms with Crippen LogP contribution >= 0.6 is 24.0 Å². The third-order valence-electron chi connectivity index (χ3n) is 5.04. The fourth-order valence-electron chi connectivity index (χ4n) is 3.39. The van der Waals surface area contributed by atoms with Gasteiger partial charge in [-0.25, -0.2) is 4.99 Å². The van der Waals surface area contributed by atoms with Crippen molar-refractivity contribution in [1.29, 1.82) is 0 Å². The quantitative estimate of drug-likeness (QED) is 0.266. The Morgan fingerprint density at radius 3 is 2.27 bits per heavy atom. The Labute approximate surface area is 197 Å². The summed E-state index contributed by atoms with van der Waals surface area (Å²) in [5.74, 6) is 1.84. The summed E-state index contributed by atoms with van der Waals surface area (Å²) in [4.78, 5) is 6.93. The minimum atomic E-state index is 0. The number of benzene rings is 2. The average molecular weight is 526 g/mol. The first-order valence-electron chi connectivity index (χ1n) is 10.1. The van der Waals surface area contributed by atoms with E-state index in [-0.39, 0.29) is 24.0 Å². The van der Waals surface area contributed by atoms with Gasteiger partial charge in [0.25, 0.3) is 0 Å². The van der Waals surface area contributed by atoms with E-state index in [0.717, 1.165) is 31.6 Å². The van der Waals surface area contributed by atoms with Crippen LogP contribution in [0.4, 0.5) is 0 Å². The number of methoxy groups -OCH3 is 2. The van der Waals surface area contributed by atoms with E-state index in [0.29, 0.717) is 30.0 Å². The molecule has 0 spiro atoms. The molecular weight excluding hydrogens is 491 g/mol. The van der Waals surface area contributed by atoms with Gasteiger partial charge in [0.1, 0.15) is 0 Å². The van der Waals surface area contributed by atoms with Crippen molar-refractivity contribution < 1.29 is 9.47 Å². The van der Waals surface area contributed by atoms with Crippen LogP contribution in [0.3, 0.4) is 0 Å². The van der Waals surface area contributed by atoms with E-state index in [1.54, 1.807) is 14.2 Å². The maximum absolute atomic E-state index is 6.14. The molecule has 3 N–H and O–H groups in total. The van der Waals surface area contributed by atoms with Gasteiger partial charge < -0.3 is 20.5 Å². The molecular formula is C23H35IN4O2. The number of hydrogen-bond acceptors (Lipinski definition) is 4. The summed E-state index contributed by atoms with van der Waals surface area (Å²) in [6.07, 6.45) is 0.971. The van der Waals surface area contributed by atoms with Gasteiger partial charge in [0.05, 0.1) is 20.8 Å². The molecule has 166 valence electrons. The number of nitrogens with one attached hydrogen (secondary N) is 1. The van der Waals surface area contributed by atoms with Crippen LogP contribution in [-0.2, 0) is 13.0 Å². The predicted octanol–water partition coefficient (Wildman–Crippen LogP) is 3.68. The van der Waals surface area contributed by atoms with Gasteiger partial charge in [-0.1, -0.05) is 50.2 Å². The van der Waals surface area contributed by atoms with Crippen LogP contribution in [0.2, 0.25) is 0 Å². The molecule has 0 saturated carbocycles. The lowest BCUT2D eigenvalue weighted by atomic mass is 10.0. The second-order valence-electron chi connectivity index (χ2n) is 6.84. The third kappa shape index (κ3) is 8.02. The number of halogens is 1. The second kappa shape index (κ2) is 14.1. The minimum Gasteiger partial charge on any atom is -0.493 e. The van der Waals surface area contributed by atoms with Crippen LogP contribution in [0.5, 0.6) is 11.5 Å². The summed E-state index contributed by atoms with van der Waals surface area (Å²) < 4.78 is 10.6. The molecule has 0 bridgehead atoms. The van der Waals surface area contributed by atoms with Crippen molar-refractivity contribution in [2.75, 3.05) is 33.9 Å². The van der Waals surface area contributed by atoms with E-state index in [4.69, 9.17) is 15.2 Å². The Morgan fingerprint density at radius 1 is 1.00 bits per heavy atom. The summed E-state index contributed by atoms with van der Waals surface area (Å²) in [6.45, 7) is 7.61. The smallest absolute Gasteiger partial charge is 0.188 e. The molecule has 1 unspecified atom stereocenters. The molecule has 7 heteroatoms. The first-order chi connectivity index (χ1) is 14.1. The highest BCUT2D eigenvalue weighted by Crippen LogP contribution is 2.27. The molecule has 0 heterocycles. The zero-order chi connectivity index (χ0) is 21.1. The summed E-state index contributed by atoms with van der Waals surface area (Å²) in [6, 6.07) is 16.7. The number of aliphatic imine (C=N–C) groups is 1. The largest absolute Gasteiger partial charge is 0.493 e. The van der Waals surface area contributed by atoms with Gasteiger partial charge in [0.15, 0.2) is 17.5 Å². The highest BCUT2D eigenvalue weighted by Gasteiger charge is 2.16. The highest BCUT2D eigenvalue weighted by atomic mass is 127. The van der Waals surface area contributed by atoms with Gasteiger partial charge in [-0.15, -0.1) is 24.0 Å². The van der Waals surface area contributed by atoms with Gasteiger partial charge in [-0.3, -0.25) is 4.90 Å². The molecule has 0 radical (unpaired) electrons. The molecule has 0 amide bonds. The van der Waals surface area contributed by atoms with Crippen LogP contribution < -0.4 is 20.5 Å². The van der Waals surface area contributed by atoms with Crippen LogP contribution in [0.1, 0.15) is 25.0 Å². The second-order valence-corrected chi connectivity index (χ2v) is 6.84. The molecule has 6 nitrogen and oxygen atoms in total. The standard InChI is InChI=1S/C23H34N4O2.HI/c1-5-27(6-2)20(14-18-10-8-7-9-11-18)17-26-23(24)25-16-19-12-13-21(28-3)22(15-19)29-4;/h7-13,15,20H,5-6,14,16-17H2,1-4H3,(H3,24,25,26);1H. The average Bonchev–Trinajstić information content (AvgIpc) is 2.77. The molecule has 2 rings (SSSR count). The van der Waals surface area contributed by atoms with Crippen LogP contribution in [-0.4, -0.2) is 50.8 Å². The summed E-state index contributed by atoms with van der Waals surface area (Å²) in [7, 11) is 3.25. The summed E-state index contributed by atoms with van der Waals surface area (Å²) in [5, 5.41) is 3.30. The number of ether oxygens (including phenoxy) is 2. The Morgan fingerprint density at radius 2 is 1.67 bits per heavy atom. The van der Waals surface area contributed by atoms with E-state index in [9.17, 15) is 0 Å². The molecule has 0 saturated heterocycles. The Kier molecular flexibility index (Phi) is 12.2. The molecule has 0 aromatic heterocycles. The van der Waals surface area contributed by atoms with E-state index in [1.165, 1.54) is 5.56 Å². The first-order valence-corrected chi connectivity index (χ1v) is 10.1. The van der Waals surface area contributed by atoms with Gasteiger partial charge in [0, 0.05) is 12.6 Å². The number of nitrogens with zero attached hydrogens (tertiary/aromatic N) is 2. The van der Waals surface area contributed by atoms with Crippen molar-refractivity contribution in [2.24, 2.45) is 10.7 Å². The number of hydrogen-bond donors (Lipinski definition) is 2. The lowest BCUT2D eigenvalue weighted by Crippen LogP contribution is -2.46. The molecule has 0 aliphatic rings. The maximum atomic E-state index is 6.14. The van der Waals surface area contributed by atoms with Crippen molar-refractivity contribution >= 4 is 29.9 Å². The van der Waals surface area contributed by atoms with Crippen molar-refractivity contribution in [2.45, 2.75) is 32.9 Å². The van der Waals surface area contributed by atoms with Crippen LogP contribution in [0.25, 0.3) is 0 Å². The molecule has 0 fully saturated rings.